The van der Waals surface area contributed by atoms with E-state index in [4.69, 9.17) is 0 Å². The first-order valence-electron chi connectivity index (χ1n) is 14.1. The minimum absolute atomic E-state index is 0.0701. The Morgan fingerprint density at radius 3 is 1.98 bits per heavy atom. The molecule has 1 N–H and O–H groups in total. The minimum atomic E-state index is -4.11. The summed E-state index contributed by atoms with van der Waals surface area (Å²) in [6.45, 7) is 4.07. The normalized spacial score (nSPS) is 12.0. The zero-order chi connectivity index (χ0) is 30.8. The topological polar surface area (TPSA) is 86.8 Å². The third-order valence-electron chi connectivity index (χ3n) is 6.85. The third kappa shape index (κ3) is 8.78. The summed E-state index contributed by atoms with van der Waals surface area (Å²) in [4.78, 5) is 29.8. The summed E-state index contributed by atoms with van der Waals surface area (Å²) < 4.78 is 29.8. The predicted molar refractivity (Wildman–Crippen MR) is 174 cm³/mol. The summed E-state index contributed by atoms with van der Waals surface area (Å²) in [7, 11) is -4.11. The van der Waals surface area contributed by atoms with E-state index in [1.165, 1.54) is 17.0 Å². The Morgan fingerprint density at radius 2 is 1.37 bits per heavy atom. The van der Waals surface area contributed by atoms with E-state index in [1.807, 2.05) is 68.4 Å². The van der Waals surface area contributed by atoms with Crippen LogP contribution in [0.3, 0.4) is 0 Å². The number of benzene rings is 4. The van der Waals surface area contributed by atoms with Crippen LogP contribution in [-0.2, 0) is 32.6 Å². The first kappa shape index (κ1) is 32.0. The molecule has 7 nitrogen and oxygen atoms in total. The van der Waals surface area contributed by atoms with Crippen molar-refractivity contribution >= 4 is 43.5 Å². The average Bonchev–Trinajstić information content (AvgIpc) is 3.01. The molecule has 4 aromatic carbocycles. The lowest BCUT2D eigenvalue weighted by atomic mass is 10.0. The van der Waals surface area contributed by atoms with Crippen LogP contribution in [0.2, 0.25) is 0 Å². The fourth-order valence-corrected chi connectivity index (χ4v) is 6.53. The maximum Gasteiger partial charge on any atom is 0.264 e. The minimum Gasteiger partial charge on any atom is -0.354 e. The van der Waals surface area contributed by atoms with Crippen LogP contribution in [-0.4, -0.2) is 44.3 Å². The molecule has 0 heterocycles. The second-order valence-electron chi connectivity index (χ2n) is 10.7. The maximum absolute atomic E-state index is 14.4. The molecule has 0 saturated heterocycles. The number of carbonyl (C=O) groups excluding carboxylic acids is 2. The Bertz CT molecular complexity index is 1600. The van der Waals surface area contributed by atoms with Crippen LogP contribution in [0.5, 0.6) is 0 Å². The van der Waals surface area contributed by atoms with Crippen LogP contribution in [0.15, 0.2) is 125 Å². The zero-order valence-corrected chi connectivity index (χ0v) is 26.7. The molecule has 0 aliphatic heterocycles. The second-order valence-corrected chi connectivity index (χ2v) is 13.4. The van der Waals surface area contributed by atoms with E-state index in [0.29, 0.717) is 12.2 Å². The van der Waals surface area contributed by atoms with Crippen LogP contribution in [0.1, 0.15) is 25.0 Å². The first-order valence-corrected chi connectivity index (χ1v) is 16.4. The van der Waals surface area contributed by atoms with Gasteiger partial charge in [-0.25, -0.2) is 8.42 Å². The molecule has 1 atom stereocenters. The molecule has 0 aliphatic carbocycles. The fraction of sp³-hybridized carbons (Fsp3) is 0.235. The van der Waals surface area contributed by atoms with E-state index in [2.05, 4.69) is 21.2 Å². The van der Waals surface area contributed by atoms with Crippen molar-refractivity contribution in [2.24, 2.45) is 5.92 Å². The van der Waals surface area contributed by atoms with Crippen LogP contribution < -0.4 is 9.62 Å². The van der Waals surface area contributed by atoms with Crippen molar-refractivity contribution in [3.63, 3.8) is 0 Å². The molecule has 4 rings (SSSR count). The summed E-state index contributed by atoms with van der Waals surface area (Å²) in [5.41, 5.74) is 2.04. The Kier molecular flexibility index (Phi) is 11.1. The van der Waals surface area contributed by atoms with E-state index in [9.17, 15) is 18.0 Å². The molecule has 0 radical (unpaired) electrons. The zero-order valence-electron chi connectivity index (χ0n) is 24.3. The molecule has 9 heteroatoms. The van der Waals surface area contributed by atoms with Gasteiger partial charge in [0.1, 0.15) is 12.6 Å². The highest BCUT2D eigenvalue weighted by molar-refractivity contribution is 9.10. The molecule has 4 aromatic rings. The summed E-state index contributed by atoms with van der Waals surface area (Å²) in [5, 5.41) is 3.00. The highest BCUT2D eigenvalue weighted by Crippen LogP contribution is 2.25. The van der Waals surface area contributed by atoms with Crippen LogP contribution >= 0.6 is 15.9 Å². The number of nitrogens with zero attached hydrogens (tertiary/aromatic N) is 2. The number of anilines is 1. The van der Waals surface area contributed by atoms with Crippen molar-refractivity contribution in [2.75, 3.05) is 17.4 Å². The van der Waals surface area contributed by atoms with Gasteiger partial charge in [-0.2, -0.15) is 0 Å². The molecule has 0 fully saturated rings. The predicted octanol–water partition coefficient (Wildman–Crippen LogP) is 6.06. The third-order valence-corrected chi connectivity index (χ3v) is 9.13. The number of hydrogen-bond donors (Lipinski definition) is 1. The molecule has 2 amide bonds. The van der Waals surface area contributed by atoms with E-state index in [1.54, 1.807) is 48.5 Å². The van der Waals surface area contributed by atoms with E-state index < -0.39 is 28.5 Å². The van der Waals surface area contributed by atoms with Gasteiger partial charge in [-0.1, -0.05) is 109 Å². The molecule has 0 unspecified atom stereocenters. The van der Waals surface area contributed by atoms with Gasteiger partial charge in [0.25, 0.3) is 10.0 Å². The summed E-state index contributed by atoms with van der Waals surface area (Å²) in [5.74, 6) is -0.581. The second kappa shape index (κ2) is 15.0. The largest absolute Gasteiger partial charge is 0.354 e. The molecular formula is C34H36BrN3O4S. The lowest BCUT2D eigenvalue weighted by Crippen LogP contribution is -2.53. The standard InChI is InChI=1S/C34H36BrN3O4S/c1-26(2)23-36-34(40)32(22-27-13-6-3-7-14-27)37(24-28-15-12-16-29(35)21-28)33(39)25-38(30-17-8-4-9-18-30)43(41,42)31-19-10-5-11-20-31/h3-21,26,32H,22-25H2,1-2H3,(H,36,40)/t32-/m0/s1. The van der Waals surface area contributed by atoms with Gasteiger partial charge in [0.05, 0.1) is 10.6 Å². The SMILES string of the molecule is CC(C)CNC(=O)[C@H](Cc1ccccc1)N(Cc1cccc(Br)c1)C(=O)CN(c1ccccc1)S(=O)(=O)c1ccccc1. The Morgan fingerprint density at radius 1 is 0.791 bits per heavy atom. The molecule has 0 bridgehead atoms. The molecule has 0 aromatic heterocycles. The van der Waals surface area contributed by atoms with E-state index in [-0.39, 0.29) is 29.7 Å². The first-order chi connectivity index (χ1) is 20.6. The number of para-hydroxylation sites is 1. The van der Waals surface area contributed by atoms with Crippen LogP contribution in [0.25, 0.3) is 0 Å². The molecular weight excluding hydrogens is 626 g/mol. The van der Waals surface area contributed by atoms with Gasteiger partial charge in [-0.3, -0.25) is 13.9 Å². The van der Waals surface area contributed by atoms with Gasteiger partial charge in [0.2, 0.25) is 11.8 Å². The lowest BCUT2D eigenvalue weighted by molar-refractivity contribution is -0.140. The highest BCUT2D eigenvalue weighted by atomic mass is 79.9. The fourth-order valence-electron chi connectivity index (χ4n) is 4.65. The smallest absolute Gasteiger partial charge is 0.264 e. The summed E-state index contributed by atoms with van der Waals surface area (Å²) >= 11 is 3.50. The molecule has 224 valence electrons. The lowest BCUT2D eigenvalue weighted by Gasteiger charge is -2.34. The van der Waals surface area contributed by atoms with Crippen molar-refractivity contribution < 1.29 is 18.0 Å². The number of carbonyl (C=O) groups is 2. The van der Waals surface area contributed by atoms with Crippen LogP contribution in [0.4, 0.5) is 5.69 Å². The summed E-state index contributed by atoms with van der Waals surface area (Å²) in [6, 6.07) is 32.7. The number of amides is 2. The van der Waals surface area contributed by atoms with Gasteiger partial charge in [-0.15, -0.1) is 0 Å². The number of hydrogen-bond acceptors (Lipinski definition) is 4. The van der Waals surface area contributed by atoms with E-state index in [0.717, 1.165) is 19.9 Å². The van der Waals surface area contributed by atoms with Crippen molar-refractivity contribution in [2.45, 2.75) is 37.8 Å². The van der Waals surface area contributed by atoms with Gasteiger partial charge in [-0.05, 0) is 53.4 Å². The molecule has 0 saturated carbocycles. The highest BCUT2D eigenvalue weighted by Gasteiger charge is 2.34. The quantitative estimate of drug-likeness (QED) is 0.189. The molecule has 43 heavy (non-hydrogen) atoms. The summed E-state index contributed by atoms with van der Waals surface area (Å²) in [6.07, 6.45) is 0.265. The van der Waals surface area contributed by atoms with Crippen molar-refractivity contribution in [1.29, 1.82) is 0 Å². The monoisotopic (exact) mass is 661 g/mol. The van der Waals surface area contributed by atoms with Crippen molar-refractivity contribution in [1.82, 2.24) is 10.2 Å². The number of rotatable bonds is 13. The maximum atomic E-state index is 14.4. The number of halogens is 1. The van der Waals surface area contributed by atoms with Gasteiger partial charge < -0.3 is 10.2 Å². The average molecular weight is 663 g/mol. The van der Waals surface area contributed by atoms with Gasteiger partial charge in [0.15, 0.2) is 0 Å². The number of sulfonamides is 1. The Hall–Kier alpha value is -3.95. The Labute approximate surface area is 262 Å². The molecule has 0 aliphatic rings. The van der Waals surface area contributed by atoms with Crippen molar-refractivity contribution in [3.05, 3.63) is 131 Å². The van der Waals surface area contributed by atoms with E-state index >= 15 is 0 Å². The van der Waals surface area contributed by atoms with Crippen LogP contribution in [0, 0.1) is 5.92 Å². The van der Waals surface area contributed by atoms with Gasteiger partial charge >= 0.3 is 0 Å². The van der Waals surface area contributed by atoms with Gasteiger partial charge in [0, 0.05) is 24.0 Å². The van der Waals surface area contributed by atoms with Crippen molar-refractivity contribution in [3.8, 4) is 0 Å². The molecule has 0 spiro atoms. The Balaban J connectivity index is 1.77. The number of nitrogens with one attached hydrogen (secondary N) is 1.